The number of hydrogen-bond acceptors (Lipinski definition) is 3. The Morgan fingerprint density at radius 1 is 1.05 bits per heavy atom. The maximum atomic E-state index is 11.9. The van der Waals surface area contributed by atoms with Crippen LogP contribution in [0.5, 0.6) is 5.75 Å². The van der Waals surface area contributed by atoms with Gasteiger partial charge in [0.15, 0.2) is 0 Å². The molecule has 2 rings (SSSR count). The molecule has 0 unspecified atom stereocenters. The number of hydrogen-bond donors (Lipinski definition) is 0. The van der Waals surface area contributed by atoms with Gasteiger partial charge in [0.2, 0.25) is 0 Å². The molecule has 0 aliphatic heterocycles. The highest BCUT2D eigenvalue weighted by Gasteiger charge is 2.12. The van der Waals surface area contributed by atoms with E-state index in [1.807, 2.05) is 42.5 Å². The number of rotatable bonds is 4. The number of carbonyl (C=O) groups excluding carboxylic acids is 1. The number of carbonyl (C=O) groups is 1. The molecule has 20 heavy (non-hydrogen) atoms. The molecule has 1 amide bonds. The van der Waals surface area contributed by atoms with Gasteiger partial charge in [0.1, 0.15) is 12.4 Å². The van der Waals surface area contributed by atoms with Gasteiger partial charge >= 0.3 is 6.09 Å². The molecule has 0 saturated carbocycles. The van der Waals surface area contributed by atoms with Crippen molar-refractivity contribution in [3.05, 3.63) is 60.2 Å². The van der Waals surface area contributed by atoms with E-state index in [4.69, 9.17) is 9.47 Å². The Bertz CT molecular complexity index is 552. The first-order chi connectivity index (χ1) is 9.70. The molecule has 0 bridgehead atoms. The molecular formula is C16H17NO3. The fourth-order valence-electron chi connectivity index (χ4n) is 1.73. The van der Waals surface area contributed by atoms with Crippen LogP contribution in [-0.2, 0) is 11.3 Å². The van der Waals surface area contributed by atoms with Crippen molar-refractivity contribution in [2.24, 2.45) is 0 Å². The summed E-state index contributed by atoms with van der Waals surface area (Å²) in [5, 5.41) is 0. The summed E-state index contributed by atoms with van der Waals surface area (Å²) in [4.78, 5) is 13.4. The second kappa shape index (κ2) is 6.61. The van der Waals surface area contributed by atoms with E-state index in [0.717, 1.165) is 17.0 Å². The lowest BCUT2D eigenvalue weighted by atomic mass is 10.2. The number of methoxy groups -OCH3 is 1. The highest BCUT2D eigenvalue weighted by atomic mass is 16.6. The summed E-state index contributed by atoms with van der Waals surface area (Å²) < 4.78 is 10.3. The van der Waals surface area contributed by atoms with Gasteiger partial charge in [-0.15, -0.1) is 0 Å². The lowest BCUT2D eigenvalue weighted by Crippen LogP contribution is -2.26. The molecule has 0 heterocycles. The molecule has 2 aromatic rings. The maximum Gasteiger partial charge on any atom is 0.414 e. The molecule has 0 aliphatic carbocycles. The van der Waals surface area contributed by atoms with Crippen LogP contribution in [0.3, 0.4) is 0 Å². The van der Waals surface area contributed by atoms with Gasteiger partial charge in [-0.25, -0.2) is 4.79 Å². The molecule has 0 aliphatic rings. The van der Waals surface area contributed by atoms with Gasteiger partial charge in [0.05, 0.1) is 7.11 Å². The second-order valence-corrected chi connectivity index (χ2v) is 4.30. The number of benzene rings is 2. The van der Waals surface area contributed by atoms with Crippen LogP contribution in [0, 0.1) is 0 Å². The van der Waals surface area contributed by atoms with Crippen molar-refractivity contribution in [2.75, 3.05) is 19.1 Å². The zero-order valence-electron chi connectivity index (χ0n) is 11.6. The largest absolute Gasteiger partial charge is 0.497 e. The summed E-state index contributed by atoms with van der Waals surface area (Å²) in [6.45, 7) is 0.264. The summed E-state index contributed by atoms with van der Waals surface area (Å²) in [6.07, 6.45) is -0.390. The predicted molar refractivity (Wildman–Crippen MR) is 78.0 cm³/mol. The highest BCUT2D eigenvalue weighted by molar-refractivity contribution is 5.86. The lowest BCUT2D eigenvalue weighted by molar-refractivity contribution is 0.148. The van der Waals surface area contributed by atoms with Gasteiger partial charge < -0.3 is 9.47 Å². The maximum absolute atomic E-state index is 11.9. The van der Waals surface area contributed by atoms with Crippen LogP contribution in [0.1, 0.15) is 5.56 Å². The van der Waals surface area contributed by atoms with Gasteiger partial charge in [-0.1, -0.05) is 30.3 Å². The Morgan fingerprint density at radius 3 is 2.30 bits per heavy atom. The Labute approximate surface area is 118 Å². The molecule has 0 fully saturated rings. The Morgan fingerprint density at radius 2 is 1.70 bits per heavy atom. The van der Waals surface area contributed by atoms with Crippen LogP contribution in [0.25, 0.3) is 0 Å². The number of nitrogens with zero attached hydrogens (tertiary/aromatic N) is 1. The standard InChI is InChI=1S/C16H17NO3/c1-17(14-8-10-15(19-2)11-9-14)16(18)20-12-13-6-4-3-5-7-13/h3-11H,12H2,1-2H3. The van der Waals surface area contributed by atoms with E-state index in [9.17, 15) is 4.79 Å². The van der Waals surface area contributed by atoms with Gasteiger partial charge in [-0.2, -0.15) is 0 Å². The number of amides is 1. The second-order valence-electron chi connectivity index (χ2n) is 4.30. The minimum absolute atomic E-state index is 0.264. The molecule has 4 heteroatoms. The third-order valence-electron chi connectivity index (χ3n) is 2.94. The van der Waals surface area contributed by atoms with E-state index in [2.05, 4.69) is 0 Å². The summed E-state index contributed by atoms with van der Waals surface area (Å²) >= 11 is 0. The Hall–Kier alpha value is -2.49. The zero-order chi connectivity index (χ0) is 14.4. The Balaban J connectivity index is 1.94. The average molecular weight is 271 g/mol. The first-order valence-electron chi connectivity index (χ1n) is 6.29. The van der Waals surface area contributed by atoms with Gasteiger partial charge in [0.25, 0.3) is 0 Å². The first-order valence-corrected chi connectivity index (χ1v) is 6.29. The minimum atomic E-state index is -0.390. The molecule has 0 atom stereocenters. The molecule has 2 aromatic carbocycles. The lowest BCUT2D eigenvalue weighted by Gasteiger charge is -2.17. The van der Waals surface area contributed by atoms with E-state index in [0.29, 0.717) is 0 Å². The average Bonchev–Trinajstić information content (AvgIpc) is 2.53. The van der Waals surface area contributed by atoms with Crippen LogP contribution in [0.4, 0.5) is 10.5 Å². The third kappa shape index (κ3) is 3.51. The van der Waals surface area contributed by atoms with E-state index < -0.39 is 0 Å². The van der Waals surface area contributed by atoms with E-state index in [1.54, 1.807) is 26.3 Å². The summed E-state index contributed by atoms with van der Waals surface area (Å²) in [5.41, 5.74) is 1.72. The first kappa shape index (κ1) is 13.9. The molecule has 0 spiro atoms. The van der Waals surface area contributed by atoms with Gasteiger partial charge in [-0.05, 0) is 29.8 Å². The quantitative estimate of drug-likeness (QED) is 0.854. The molecule has 104 valence electrons. The molecule has 0 aromatic heterocycles. The van der Waals surface area contributed by atoms with Crippen LogP contribution >= 0.6 is 0 Å². The van der Waals surface area contributed by atoms with E-state index in [-0.39, 0.29) is 12.7 Å². The van der Waals surface area contributed by atoms with Crippen LogP contribution in [-0.4, -0.2) is 20.3 Å². The minimum Gasteiger partial charge on any atom is -0.497 e. The van der Waals surface area contributed by atoms with Gasteiger partial charge in [0, 0.05) is 12.7 Å². The summed E-state index contributed by atoms with van der Waals surface area (Å²) in [6, 6.07) is 16.8. The smallest absolute Gasteiger partial charge is 0.414 e. The normalized spacial score (nSPS) is 9.90. The van der Waals surface area contributed by atoms with Gasteiger partial charge in [-0.3, -0.25) is 4.90 Å². The third-order valence-corrected chi connectivity index (χ3v) is 2.94. The molecule has 0 radical (unpaired) electrons. The monoisotopic (exact) mass is 271 g/mol. The topological polar surface area (TPSA) is 38.8 Å². The van der Waals surface area contributed by atoms with E-state index >= 15 is 0 Å². The molecule has 0 saturated heterocycles. The SMILES string of the molecule is COc1ccc(N(C)C(=O)OCc2ccccc2)cc1. The molecule has 0 N–H and O–H groups in total. The van der Waals surface area contributed by atoms with Crippen molar-refractivity contribution >= 4 is 11.8 Å². The Kier molecular flexibility index (Phi) is 4.60. The van der Waals surface area contributed by atoms with Crippen molar-refractivity contribution < 1.29 is 14.3 Å². The fourth-order valence-corrected chi connectivity index (χ4v) is 1.73. The van der Waals surface area contributed by atoms with Crippen molar-refractivity contribution in [3.8, 4) is 5.75 Å². The van der Waals surface area contributed by atoms with Crippen molar-refractivity contribution in [3.63, 3.8) is 0 Å². The number of ether oxygens (including phenoxy) is 2. The van der Waals surface area contributed by atoms with Crippen molar-refractivity contribution in [1.82, 2.24) is 0 Å². The van der Waals surface area contributed by atoms with Crippen LogP contribution in [0.2, 0.25) is 0 Å². The highest BCUT2D eigenvalue weighted by Crippen LogP contribution is 2.18. The van der Waals surface area contributed by atoms with Crippen molar-refractivity contribution in [1.29, 1.82) is 0 Å². The zero-order valence-corrected chi connectivity index (χ0v) is 11.6. The van der Waals surface area contributed by atoms with Crippen LogP contribution in [0.15, 0.2) is 54.6 Å². The number of anilines is 1. The summed E-state index contributed by atoms with van der Waals surface area (Å²) in [5.74, 6) is 0.750. The fraction of sp³-hybridized carbons (Fsp3) is 0.188. The van der Waals surface area contributed by atoms with E-state index in [1.165, 1.54) is 4.90 Å². The molecule has 4 nitrogen and oxygen atoms in total. The predicted octanol–water partition coefficient (Wildman–Crippen LogP) is 3.47. The van der Waals surface area contributed by atoms with Crippen LogP contribution < -0.4 is 9.64 Å². The summed E-state index contributed by atoms with van der Waals surface area (Å²) in [7, 11) is 3.28. The molecular weight excluding hydrogens is 254 g/mol. The van der Waals surface area contributed by atoms with Crippen molar-refractivity contribution in [2.45, 2.75) is 6.61 Å².